The molecular weight excluding hydrogens is 184 g/mol. The van der Waals surface area contributed by atoms with Gasteiger partial charge in [0, 0.05) is 24.1 Å². The molecule has 2 nitrogen and oxygen atoms in total. The molecule has 2 atom stereocenters. The van der Waals surface area contributed by atoms with E-state index in [0.29, 0.717) is 5.92 Å². The first-order valence-electron chi connectivity index (χ1n) is 5.55. The molecule has 1 aliphatic rings. The Bertz CT molecular complexity index is 498. The van der Waals surface area contributed by atoms with Crippen LogP contribution in [0.3, 0.4) is 0 Å². The van der Waals surface area contributed by atoms with Crippen molar-refractivity contribution in [2.75, 3.05) is 6.54 Å². The zero-order valence-electron chi connectivity index (χ0n) is 8.98. The van der Waals surface area contributed by atoms with Crippen molar-refractivity contribution in [3.8, 4) is 0 Å². The molecule has 1 fully saturated rings. The molecule has 0 amide bonds. The summed E-state index contributed by atoms with van der Waals surface area (Å²) in [6.07, 6.45) is 3.54. The van der Waals surface area contributed by atoms with Crippen molar-refractivity contribution in [3.63, 3.8) is 0 Å². The lowest BCUT2D eigenvalue weighted by atomic mass is 10.1. The summed E-state index contributed by atoms with van der Waals surface area (Å²) in [4.78, 5) is 0. The van der Waals surface area contributed by atoms with Crippen LogP contribution < -0.4 is 5.73 Å². The maximum absolute atomic E-state index is 5.71. The number of rotatable bonds is 2. The topological polar surface area (TPSA) is 30.9 Å². The Morgan fingerprint density at radius 2 is 2.20 bits per heavy atom. The number of benzene rings is 1. The van der Waals surface area contributed by atoms with E-state index in [1.54, 1.807) is 0 Å². The summed E-state index contributed by atoms with van der Waals surface area (Å²) in [5.41, 5.74) is 8.52. The first-order chi connectivity index (χ1) is 7.31. The third-order valence-electron chi connectivity index (χ3n) is 3.55. The van der Waals surface area contributed by atoms with Crippen LogP contribution in [0.25, 0.3) is 10.9 Å². The molecule has 2 aromatic rings. The van der Waals surface area contributed by atoms with Gasteiger partial charge in [-0.1, -0.05) is 18.2 Å². The number of fused-ring (bicyclic) bond motifs is 1. The molecule has 1 aliphatic carbocycles. The summed E-state index contributed by atoms with van der Waals surface area (Å²) in [6.45, 7) is 0.827. The lowest BCUT2D eigenvalue weighted by Crippen LogP contribution is -2.01. The van der Waals surface area contributed by atoms with Crippen LogP contribution >= 0.6 is 0 Å². The number of hydrogen-bond acceptors (Lipinski definition) is 1. The SMILES string of the molecule is Cn1cc([C@@H]2C[C@H]2CN)c2ccccc21. The van der Waals surface area contributed by atoms with E-state index in [4.69, 9.17) is 5.73 Å². The Hall–Kier alpha value is -1.28. The van der Waals surface area contributed by atoms with Crippen molar-refractivity contribution in [3.05, 3.63) is 36.0 Å². The number of para-hydroxylation sites is 1. The highest BCUT2D eigenvalue weighted by atomic mass is 14.9. The van der Waals surface area contributed by atoms with Crippen LogP contribution in [-0.4, -0.2) is 11.1 Å². The van der Waals surface area contributed by atoms with E-state index >= 15 is 0 Å². The van der Waals surface area contributed by atoms with Crippen LogP contribution in [-0.2, 0) is 7.05 Å². The third kappa shape index (κ3) is 1.29. The normalized spacial score (nSPS) is 24.7. The van der Waals surface area contributed by atoms with Crippen molar-refractivity contribution in [1.29, 1.82) is 0 Å². The van der Waals surface area contributed by atoms with E-state index in [9.17, 15) is 0 Å². The number of nitrogens with zero attached hydrogens (tertiary/aromatic N) is 1. The van der Waals surface area contributed by atoms with Gasteiger partial charge in [-0.25, -0.2) is 0 Å². The van der Waals surface area contributed by atoms with Crippen LogP contribution in [0, 0.1) is 5.92 Å². The lowest BCUT2D eigenvalue weighted by molar-refractivity contribution is 0.809. The highest BCUT2D eigenvalue weighted by Gasteiger charge is 2.38. The molecule has 1 saturated carbocycles. The smallest absolute Gasteiger partial charge is 0.0480 e. The van der Waals surface area contributed by atoms with E-state index in [1.807, 2.05) is 0 Å². The van der Waals surface area contributed by atoms with Crippen molar-refractivity contribution in [2.45, 2.75) is 12.3 Å². The summed E-state index contributed by atoms with van der Waals surface area (Å²) < 4.78 is 2.22. The van der Waals surface area contributed by atoms with Gasteiger partial charge in [0.2, 0.25) is 0 Å². The maximum Gasteiger partial charge on any atom is 0.0480 e. The first kappa shape index (κ1) is 8.98. The standard InChI is InChI=1S/C13H16N2/c1-15-8-12(11-6-9(11)7-14)10-4-2-3-5-13(10)15/h2-5,8-9,11H,6-7,14H2,1H3/t9-,11+/m0/s1. The minimum Gasteiger partial charge on any atom is -0.350 e. The fourth-order valence-corrected chi connectivity index (χ4v) is 2.56. The summed E-state index contributed by atoms with van der Waals surface area (Å²) in [5, 5.41) is 1.40. The number of aromatic nitrogens is 1. The lowest BCUT2D eigenvalue weighted by Gasteiger charge is -1.96. The molecule has 1 aromatic carbocycles. The van der Waals surface area contributed by atoms with Gasteiger partial charge in [-0.2, -0.15) is 0 Å². The second-order valence-corrected chi connectivity index (χ2v) is 4.55. The van der Waals surface area contributed by atoms with Gasteiger partial charge in [-0.15, -0.1) is 0 Å². The molecule has 2 N–H and O–H groups in total. The monoisotopic (exact) mass is 200 g/mol. The molecule has 78 valence electrons. The number of aryl methyl sites for hydroxylation is 1. The minimum atomic E-state index is 0.709. The molecule has 0 saturated heterocycles. The molecule has 0 radical (unpaired) electrons. The molecule has 1 aromatic heterocycles. The summed E-state index contributed by atoms with van der Waals surface area (Å²) >= 11 is 0. The molecule has 0 bridgehead atoms. The van der Waals surface area contributed by atoms with Gasteiger partial charge < -0.3 is 10.3 Å². The second kappa shape index (κ2) is 3.11. The summed E-state index contributed by atoms with van der Waals surface area (Å²) in [7, 11) is 2.12. The predicted octanol–water partition coefficient (Wildman–Crippen LogP) is 2.24. The zero-order chi connectivity index (χ0) is 10.4. The largest absolute Gasteiger partial charge is 0.350 e. The van der Waals surface area contributed by atoms with E-state index < -0.39 is 0 Å². The Balaban J connectivity index is 2.12. The maximum atomic E-state index is 5.71. The number of nitrogens with two attached hydrogens (primary N) is 1. The first-order valence-corrected chi connectivity index (χ1v) is 5.55. The molecule has 0 aliphatic heterocycles. The summed E-state index contributed by atoms with van der Waals surface area (Å²) in [5.74, 6) is 1.43. The van der Waals surface area contributed by atoms with Crippen molar-refractivity contribution in [1.82, 2.24) is 4.57 Å². The molecular formula is C13H16N2. The zero-order valence-corrected chi connectivity index (χ0v) is 8.98. The Kier molecular flexibility index (Phi) is 1.86. The highest BCUT2D eigenvalue weighted by Crippen LogP contribution is 2.49. The van der Waals surface area contributed by atoms with Gasteiger partial charge in [-0.05, 0) is 36.4 Å². The average molecular weight is 200 g/mol. The molecule has 3 rings (SSSR count). The van der Waals surface area contributed by atoms with Gasteiger partial charge in [0.25, 0.3) is 0 Å². The summed E-state index contributed by atoms with van der Waals surface area (Å²) in [6, 6.07) is 8.61. The van der Waals surface area contributed by atoms with Gasteiger partial charge in [0.1, 0.15) is 0 Å². The van der Waals surface area contributed by atoms with E-state index in [-0.39, 0.29) is 0 Å². The molecule has 0 spiro atoms. The molecule has 0 unspecified atom stereocenters. The van der Waals surface area contributed by atoms with Crippen LogP contribution in [0.15, 0.2) is 30.5 Å². The fraction of sp³-hybridized carbons (Fsp3) is 0.385. The Labute approximate surface area is 89.7 Å². The van der Waals surface area contributed by atoms with Gasteiger partial charge >= 0.3 is 0 Å². The van der Waals surface area contributed by atoms with Gasteiger partial charge in [0.05, 0.1) is 0 Å². The Morgan fingerprint density at radius 3 is 2.93 bits per heavy atom. The third-order valence-corrected chi connectivity index (χ3v) is 3.55. The second-order valence-electron chi connectivity index (χ2n) is 4.55. The predicted molar refractivity (Wildman–Crippen MR) is 62.8 cm³/mol. The van der Waals surface area contributed by atoms with E-state index in [2.05, 4.69) is 42.1 Å². The average Bonchev–Trinajstić information content (AvgIpc) is 2.98. The molecule has 1 heterocycles. The number of hydrogen-bond donors (Lipinski definition) is 1. The van der Waals surface area contributed by atoms with Crippen LogP contribution in [0.2, 0.25) is 0 Å². The van der Waals surface area contributed by atoms with Gasteiger partial charge in [0.15, 0.2) is 0 Å². The Morgan fingerprint density at radius 1 is 1.40 bits per heavy atom. The molecule has 15 heavy (non-hydrogen) atoms. The quantitative estimate of drug-likeness (QED) is 0.792. The highest BCUT2D eigenvalue weighted by molar-refractivity contribution is 5.84. The molecule has 2 heteroatoms. The van der Waals surface area contributed by atoms with E-state index in [0.717, 1.165) is 12.5 Å². The van der Waals surface area contributed by atoms with Gasteiger partial charge in [-0.3, -0.25) is 0 Å². The van der Waals surface area contributed by atoms with Crippen LogP contribution in [0.1, 0.15) is 17.9 Å². The van der Waals surface area contributed by atoms with Crippen molar-refractivity contribution < 1.29 is 0 Å². The van der Waals surface area contributed by atoms with Crippen molar-refractivity contribution >= 4 is 10.9 Å². The fourth-order valence-electron chi connectivity index (χ4n) is 2.56. The van der Waals surface area contributed by atoms with Crippen LogP contribution in [0.5, 0.6) is 0 Å². The minimum absolute atomic E-state index is 0.709. The van der Waals surface area contributed by atoms with E-state index in [1.165, 1.54) is 22.9 Å². The van der Waals surface area contributed by atoms with Crippen molar-refractivity contribution in [2.24, 2.45) is 18.7 Å². The van der Waals surface area contributed by atoms with Crippen LogP contribution in [0.4, 0.5) is 0 Å².